The van der Waals surface area contributed by atoms with E-state index in [2.05, 4.69) is 5.32 Å². The Morgan fingerprint density at radius 2 is 2.08 bits per heavy atom. The van der Waals surface area contributed by atoms with Gasteiger partial charge in [-0.3, -0.25) is 9.59 Å². The van der Waals surface area contributed by atoms with E-state index in [1.54, 1.807) is 0 Å². The number of hydrogen-bond acceptors (Lipinski definition) is 4. The smallest absolute Gasteiger partial charge is 0.320 e. The number of carboxylic acid groups (broad SMARTS) is 1. The van der Waals surface area contributed by atoms with Gasteiger partial charge in [0, 0.05) is 6.54 Å². The van der Waals surface area contributed by atoms with Gasteiger partial charge >= 0.3 is 5.97 Å². The Bertz CT molecular complexity index is 171. The Morgan fingerprint density at radius 1 is 1.50 bits per heavy atom. The molecule has 6 nitrogen and oxygen atoms in total. The molecule has 6 heteroatoms. The van der Waals surface area contributed by atoms with Crippen molar-refractivity contribution in [2.45, 2.75) is 12.5 Å². The lowest BCUT2D eigenvalue weighted by molar-refractivity contribution is -0.138. The first-order chi connectivity index (χ1) is 5.57. The van der Waals surface area contributed by atoms with Crippen molar-refractivity contribution in [3.63, 3.8) is 0 Å². The fraction of sp³-hybridized carbons (Fsp3) is 0.667. The zero-order valence-corrected chi connectivity index (χ0v) is 6.62. The van der Waals surface area contributed by atoms with Crippen molar-refractivity contribution in [2.75, 3.05) is 13.1 Å². The second-order valence-electron chi connectivity index (χ2n) is 2.29. The molecule has 1 unspecified atom stereocenters. The van der Waals surface area contributed by atoms with Crippen LogP contribution in [-0.2, 0) is 9.59 Å². The van der Waals surface area contributed by atoms with Crippen LogP contribution in [-0.4, -0.2) is 36.1 Å². The second-order valence-corrected chi connectivity index (χ2v) is 2.29. The number of amides is 1. The Morgan fingerprint density at radius 3 is 2.50 bits per heavy atom. The van der Waals surface area contributed by atoms with E-state index in [1.165, 1.54) is 0 Å². The molecule has 1 amide bonds. The van der Waals surface area contributed by atoms with Gasteiger partial charge in [0.25, 0.3) is 0 Å². The van der Waals surface area contributed by atoms with Gasteiger partial charge in [0.05, 0.1) is 6.54 Å². The number of carbonyl (C=O) groups excluding carboxylic acids is 1. The van der Waals surface area contributed by atoms with Gasteiger partial charge in [-0.2, -0.15) is 0 Å². The summed E-state index contributed by atoms with van der Waals surface area (Å²) in [7, 11) is 0. The lowest BCUT2D eigenvalue weighted by atomic mass is 10.2. The van der Waals surface area contributed by atoms with Crippen LogP contribution < -0.4 is 16.8 Å². The minimum Gasteiger partial charge on any atom is -0.480 e. The van der Waals surface area contributed by atoms with Crippen LogP contribution in [0.1, 0.15) is 6.42 Å². The van der Waals surface area contributed by atoms with E-state index in [4.69, 9.17) is 16.6 Å². The first-order valence-corrected chi connectivity index (χ1v) is 3.53. The van der Waals surface area contributed by atoms with Crippen LogP contribution >= 0.6 is 0 Å². The molecule has 0 spiro atoms. The average Bonchev–Trinajstić information content (AvgIpc) is 2.03. The number of aliphatic carboxylic acids is 1. The Kier molecular flexibility index (Phi) is 4.98. The quantitative estimate of drug-likeness (QED) is 0.380. The Balaban J connectivity index is 3.43. The number of nitrogens with two attached hydrogens (primary N) is 2. The van der Waals surface area contributed by atoms with Crippen LogP contribution in [0.15, 0.2) is 0 Å². The highest BCUT2D eigenvalue weighted by Gasteiger charge is 2.10. The van der Waals surface area contributed by atoms with E-state index in [-0.39, 0.29) is 25.4 Å². The maximum absolute atomic E-state index is 10.5. The zero-order chi connectivity index (χ0) is 9.56. The SMILES string of the molecule is NCC(=O)NCCC(N)C(=O)O. The molecule has 0 aromatic carbocycles. The molecule has 1 atom stereocenters. The molecule has 0 heterocycles. The first-order valence-electron chi connectivity index (χ1n) is 3.53. The molecule has 6 N–H and O–H groups in total. The fourth-order valence-electron chi connectivity index (χ4n) is 0.563. The number of rotatable bonds is 5. The molecule has 0 aliphatic carbocycles. The minimum atomic E-state index is -1.07. The van der Waals surface area contributed by atoms with Crippen molar-refractivity contribution < 1.29 is 14.7 Å². The normalized spacial score (nSPS) is 12.2. The summed E-state index contributed by atoms with van der Waals surface area (Å²) >= 11 is 0. The monoisotopic (exact) mass is 175 g/mol. The van der Waals surface area contributed by atoms with Gasteiger partial charge in [0.15, 0.2) is 0 Å². The molecule has 0 saturated heterocycles. The fourth-order valence-corrected chi connectivity index (χ4v) is 0.563. The van der Waals surface area contributed by atoms with E-state index in [0.717, 1.165) is 0 Å². The molecule has 0 aliphatic heterocycles. The molecule has 0 fully saturated rings. The van der Waals surface area contributed by atoms with Gasteiger partial charge in [-0.25, -0.2) is 0 Å². The van der Waals surface area contributed by atoms with E-state index < -0.39 is 12.0 Å². The summed E-state index contributed by atoms with van der Waals surface area (Å²) < 4.78 is 0. The van der Waals surface area contributed by atoms with Crippen LogP contribution in [0, 0.1) is 0 Å². The standard InChI is InChI=1S/C6H13N3O3/c7-3-5(10)9-2-1-4(8)6(11)12/h4H,1-3,7-8H2,(H,9,10)(H,11,12). The third-order valence-electron chi connectivity index (χ3n) is 1.28. The highest BCUT2D eigenvalue weighted by atomic mass is 16.4. The van der Waals surface area contributed by atoms with Gasteiger partial charge in [0.1, 0.15) is 6.04 Å². The third kappa shape index (κ3) is 4.64. The van der Waals surface area contributed by atoms with Crippen LogP contribution in [0.25, 0.3) is 0 Å². The summed E-state index contributed by atoms with van der Waals surface area (Å²) in [5, 5.41) is 10.8. The molecule has 0 radical (unpaired) electrons. The van der Waals surface area contributed by atoms with E-state index >= 15 is 0 Å². The third-order valence-corrected chi connectivity index (χ3v) is 1.28. The summed E-state index contributed by atoms with van der Waals surface area (Å²) in [4.78, 5) is 20.7. The summed E-state index contributed by atoms with van der Waals surface area (Å²) in [5.41, 5.74) is 10.2. The molecule has 0 aromatic heterocycles. The second kappa shape index (κ2) is 5.50. The summed E-state index contributed by atoms with van der Waals surface area (Å²) in [5.74, 6) is -1.38. The maximum atomic E-state index is 10.5. The number of carbonyl (C=O) groups is 2. The Hall–Kier alpha value is -1.14. The van der Waals surface area contributed by atoms with Gasteiger partial charge < -0.3 is 21.9 Å². The zero-order valence-electron chi connectivity index (χ0n) is 6.62. The van der Waals surface area contributed by atoms with Gasteiger partial charge in [0.2, 0.25) is 5.91 Å². The molecule has 12 heavy (non-hydrogen) atoms. The lowest BCUT2D eigenvalue weighted by Crippen LogP contribution is -2.37. The largest absolute Gasteiger partial charge is 0.480 e. The number of hydrogen-bond donors (Lipinski definition) is 4. The lowest BCUT2D eigenvalue weighted by Gasteiger charge is -2.06. The van der Waals surface area contributed by atoms with Gasteiger partial charge in [-0.15, -0.1) is 0 Å². The molecule has 0 aromatic rings. The molecular formula is C6H13N3O3. The van der Waals surface area contributed by atoms with Crippen LogP contribution in [0.5, 0.6) is 0 Å². The van der Waals surface area contributed by atoms with Crippen molar-refractivity contribution in [3.05, 3.63) is 0 Å². The predicted octanol–water partition coefficient (Wildman–Crippen LogP) is -2.14. The Labute approximate surface area is 69.9 Å². The van der Waals surface area contributed by atoms with E-state index in [9.17, 15) is 9.59 Å². The summed E-state index contributed by atoms with van der Waals surface area (Å²) in [6, 6.07) is -0.928. The topological polar surface area (TPSA) is 118 Å². The number of carboxylic acids is 1. The number of nitrogens with one attached hydrogen (secondary N) is 1. The maximum Gasteiger partial charge on any atom is 0.320 e. The summed E-state index contributed by atoms with van der Waals surface area (Å²) in [6.07, 6.45) is 0.209. The molecule has 0 aliphatic rings. The van der Waals surface area contributed by atoms with Crippen molar-refractivity contribution in [1.82, 2.24) is 5.32 Å². The molecule has 0 saturated carbocycles. The van der Waals surface area contributed by atoms with Crippen LogP contribution in [0.2, 0.25) is 0 Å². The molecule has 0 rings (SSSR count). The van der Waals surface area contributed by atoms with Crippen LogP contribution in [0.4, 0.5) is 0 Å². The van der Waals surface area contributed by atoms with E-state index in [1.807, 2.05) is 0 Å². The summed E-state index contributed by atoms with van der Waals surface area (Å²) in [6.45, 7) is 0.145. The molecule has 0 bridgehead atoms. The first kappa shape index (κ1) is 10.9. The van der Waals surface area contributed by atoms with E-state index in [0.29, 0.717) is 0 Å². The van der Waals surface area contributed by atoms with Crippen molar-refractivity contribution in [1.29, 1.82) is 0 Å². The van der Waals surface area contributed by atoms with Crippen molar-refractivity contribution in [2.24, 2.45) is 11.5 Å². The molecule has 70 valence electrons. The average molecular weight is 175 g/mol. The van der Waals surface area contributed by atoms with Crippen LogP contribution in [0.3, 0.4) is 0 Å². The van der Waals surface area contributed by atoms with Gasteiger partial charge in [-0.05, 0) is 6.42 Å². The van der Waals surface area contributed by atoms with Crippen molar-refractivity contribution in [3.8, 4) is 0 Å². The highest BCUT2D eigenvalue weighted by molar-refractivity contribution is 5.78. The minimum absolute atomic E-state index is 0.0949. The van der Waals surface area contributed by atoms with Gasteiger partial charge in [-0.1, -0.05) is 0 Å². The predicted molar refractivity (Wildman–Crippen MR) is 42.3 cm³/mol. The molecular weight excluding hydrogens is 162 g/mol. The highest BCUT2D eigenvalue weighted by Crippen LogP contribution is 1.85. The van der Waals surface area contributed by atoms with Crippen molar-refractivity contribution >= 4 is 11.9 Å².